The normalized spacial score (nSPS) is 10.7. The number of hydrogen-bond donors (Lipinski definition) is 3. The first-order chi connectivity index (χ1) is 10.2. The quantitative estimate of drug-likeness (QED) is 0.282. The van der Waals surface area contributed by atoms with Gasteiger partial charge in [0, 0.05) is 53.8 Å². The number of carbonyl (C=O) groups is 1. The Kier molecular flexibility index (Phi) is 35.1. The third-order valence-corrected chi connectivity index (χ3v) is 2.17. The van der Waals surface area contributed by atoms with Crippen LogP contribution in [0.5, 0.6) is 0 Å². The molecule has 1 radical (unpaired) electrons. The van der Waals surface area contributed by atoms with Crippen LogP contribution in [0.2, 0.25) is 0 Å². The average molecular weight is 598 g/mol. The number of esters is 1. The van der Waals surface area contributed by atoms with Gasteiger partial charge in [-0.05, 0) is 7.05 Å². The number of aliphatic hydroxyl groups is 1. The van der Waals surface area contributed by atoms with Crippen molar-refractivity contribution in [3.05, 3.63) is 56.2 Å². The molecule has 145 valence electrons. The van der Waals surface area contributed by atoms with Crippen molar-refractivity contribution in [1.82, 2.24) is 5.32 Å². The van der Waals surface area contributed by atoms with Crippen molar-refractivity contribution >= 4 is 5.97 Å². The molecular formula is C18H33N2O3WY-3. The van der Waals surface area contributed by atoms with Crippen LogP contribution in [-0.2, 0) is 63.3 Å². The van der Waals surface area contributed by atoms with Crippen LogP contribution in [-0.4, -0.2) is 37.5 Å². The minimum atomic E-state index is -0.867. The number of methoxy groups -OCH3 is 1. The molecule has 0 aliphatic rings. The van der Waals surface area contributed by atoms with Gasteiger partial charge in [0.2, 0.25) is 0 Å². The number of benzene rings is 1. The van der Waals surface area contributed by atoms with Crippen molar-refractivity contribution in [2.24, 2.45) is 5.73 Å². The Morgan fingerprint density at radius 1 is 1.32 bits per heavy atom. The summed E-state index contributed by atoms with van der Waals surface area (Å²) in [5, 5.41) is 11.5. The first-order valence-electron chi connectivity index (χ1n) is 7.06. The molecule has 5 nitrogen and oxygen atoms in total. The Morgan fingerprint density at radius 2 is 1.72 bits per heavy atom. The summed E-state index contributed by atoms with van der Waals surface area (Å²) >= 11 is 0. The number of ether oxygens (including phenoxy) is 1. The largest absolute Gasteiger partial charge is 0.469 e. The van der Waals surface area contributed by atoms with Crippen molar-refractivity contribution in [3.63, 3.8) is 0 Å². The van der Waals surface area contributed by atoms with Crippen LogP contribution in [0.1, 0.15) is 32.8 Å². The topological polar surface area (TPSA) is 84.6 Å². The predicted octanol–water partition coefficient (Wildman–Crippen LogP) is 2.35. The summed E-state index contributed by atoms with van der Waals surface area (Å²) in [6.07, 6.45) is -0.854. The molecule has 1 aromatic carbocycles. The molecular weight excluding hydrogens is 565 g/mol. The maximum absolute atomic E-state index is 10.6. The van der Waals surface area contributed by atoms with Gasteiger partial charge in [-0.3, -0.25) is 10.1 Å². The zero-order chi connectivity index (χ0) is 17.5. The molecule has 0 bridgehead atoms. The first-order valence-corrected chi connectivity index (χ1v) is 7.06. The number of hydrogen-bond acceptors (Lipinski definition) is 5. The monoisotopic (exact) mass is 598 g/mol. The second-order valence-corrected chi connectivity index (χ2v) is 5.16. The van der Waals surface area contributed by atoms with E-state index < -0.39 is 18.2 Å². The van der Waals surface area contributed by atoms with Crippen LogP contribution in [0.15, 0.2) is 30.3 Å². The van der Waals surface area contributed by atoms with E-state index in [0.717, 1.165) is 5.56 Å². The van der Waals surface area contributed by atoms with Crippen LogP contribution in [0.25, 0.3) is 0 Å². The van der Waals surface area contributed by atoms with Crippen LogP contribution in [0.4, 0.5) is 0 Å². The van der Waals surface area contributed by atoms with Gasteiger partial charge in [-0.2, -0.15) is 45.4 Å². The van der Waals surface area contributed by atoms with Gasteiger partial charge in [0.25, 0.3) is 0 Å². The van der Waals surface area contributed by atoms with Crippen LogP contribution in [0.3, 0.4) is 0 Å². The first kappa shape index (κ1) is 36.2. The Labute approximate surface area is 194 Å². The third-order valence-electron chi connectivity index (χ3n) is 2.17. The minimum absolute atomic E-state index is 0. The molecule has 0 heterocycles. The number of rotatable bonds is 4. The summed E-state index contributed by atoms with van der Waals surface area (Å²) in [4.78, 5) is 10.6. The molecule has 0 saturated heterocycles. The van der Waals surface area contributed by atoms with Gasteiger partial charge in [-0.15, -0.1) is 12.1 Å². The summed E-state index contributed by atoms with van der Waals surface area (Å²) in [5.74, 6) is 0.992. The van der Waals surface area contributed by atoms with Gasteiger partial charge in [-0.1, -0.05) is 6.07 Å². The van der Waals surface area contributed by atoms with Crippen molar-refractivity contribution in [1.29, 1.82) is 0 Å². The Morgan fingerprint density at radius 3 is 1.96 bits per heavy atom. The molecule has 25 heavy (non-hydrogen) atoms. The Balaban J connectivity index is -0.0000000831. The van der Waals surface area contributed by atoms with E-state index in [1.54, 1.807) is 7.05 Å². The molecule has 7 heteroatoms. The second kappa shape index (κ2) is 24.2. The second-order valence-electron chi connectivity index (χ2n) is 5.16. The fourth-order valence-corrected chi connectivity index (χ4v) is 1.08. The van der Waals surface area contributed by atoms with Crippen LogP contribution in [0, 0.1) is 20.3 Å². The molecule has 0 amide bonds. The average Bonchev–Trinajstić information content (AvgIpc) is 2.47. The molecule has 0 aliphatic carbocycles. The molecule has 0 aromatic heterocycles. The fraction of sp³-hybridized carbons (Fsp3) is 0.444. The Bertz CT molecular complexity index is 379. The molecule has 0 unspecified atom stereocenters. The molecule has 0 fully saturated rings. The number of carbonyl (C=O) groups excluding carboxylic acids is 1. The van der Waals surface area contributed by atoms with Crippen molar-refractivity contribution < 1.29 is 68.4 Å². The zero-order valence-electron chi connectivity index (χ0n) is 16.3. The number of aliphatic hydroxyl groups excluding tert-OH is 1. The molecule has 1 rings (SSSR count). The minimum Gasteiger partial charge on any atom is -0.469 e. The van der Waals surface area contributed by atoms with Crippen LogP contribution < -0.4 is 11.1 Å². The van der Waals surface area contributed by atoms with Crippen molar-refractivity contribution in [2.45, 2.75) is 39.5 Å². The van der Waals surface area contributed by atoms with Gasteiger partial charge >= 0.3 is 5.97 Å². The molecule has 0 spiro atoms. The van der Waals surface area contributed by atoms with E-state index in [2.05, 4.69) is 37.7 Å². The number of nitrogens with one attached hydrogen (secondary N) is 1. The van der Waals surface area contributed by atoms with E-state index in [-0.39, 0.29) is 67.6 Å². The molecule has 4 N–H and O–H groups in total. The van der Waals surface area contributed by atoms with E-state index in [9.17, 15) is 4.79 Å². The maximum atomic E-state index is 10.6. The van der Waals surface area contributed by atoms with E-state index in [0.29, 0.717) is 0 Å². The fourth-order valence-electron chi connectivity index (χ4n) is 1.08. The van der Waals surface area contributed by atoms with E-state index in [4.69, 9.17) is 10.8 Å². The van der Waals surface area contributed by atoms with E-state index in [1.165, 1.54) is 13.0 Å². The van der Waals surface area contributed by atoms with Crippen molar-refractivity contribution in [3.8, 4) is 0 Å². The number of likely N-dealkylation sites (N-methyl/N-ethyl adjacent to an activating group) is 1. The van der Waals surface area contributed by atoms with Crippen molar-refractivity contribution in [2.75, 3.05) is 14.2 Å². The van der Waals surface area contributed by atoms with E-state index >= 15 is 0 Å². The SMILES string of the molecule is CN[C@H](O)[C@H](N)CC(=O)OC.C[C-](C)C.[CH2-]c1ccccc1.[CH3-].[W].[Y]. The summed E-state index contributed by atoms with van der Waals surface area (Å²) < 4.78 is 4.36. The zero-order valence-corrected chi connectivity index (χ0v) is 22.1. The van der Waals surface area contributed by atoms with E-state index in [1.807, 2.05) is 30.3 Å². The standard InChI is InChI=1S/C7H7.C6H14N2O3.C4H9.CH3.W.Y/c1-7-5-3-2-4-6-7;1-8-6(10)4(7)3-5(9)11-2;1-4(2)3;;;/h2-6H,1H2;4,6,8,10H,3,7H2,1-2H3;1-3H3;1H3;;/q-1;;2*-1;;/t;4-,6-;;;;/m.1..../s1. The summed E-state index contributed by atoms with van der Waals surface area (Å²) in [6, 6.07) is 9.26. The predicted molar refractivity (Wildman–Crippen MR) is 97.3 cm³/mol. The Hall–Kier alpha value is 0.232. The van der Waals surface area contributed by atoms with Gasteiger partial charge in [0.1, 0.15) is 6.23 Å². The van der Waals surface area contributed by atoms with Gasteiger partial charge in [0.05, 0.1) is 19.6 Å². The molecule has 0 saturated carbocycles. The maximum Gasteiger partial charge on any atom is 0.307 e. The molecule has 2 atom stereocenters. The summed E-state index contributed by atoms with van der Waals surface area (Å²) in [5.41, 5.74) is 6.46. The van der Waals surface area contributed by atoms with Gasteiger partial charge in [0.15, 0.2) is 0 Å². The number of nitrogens with two attached hydrogens (primary N) is 1. The smallest absolute Gasteiger partial charge is 0.307 e. The molecule has 1 aromatic rings. The van der Waals surface area contributed by atoms with Crippen LogP contribution >= 0.6 is 0 Å². The summed E-state index contributed by atoms with van der Waals surface area (Å²) in [6.45, 7) is 9.97. The third kappa shape index (κ3) is 29.3. The van der Waals surface area contributed by atoms with Gasteiger partial charge in [-0.25, -0.2) is 0 Å². The molecule has 0 aliphatic heterocycles. The van der Waals surface area contributed by atoms with Gasteiger partial charge < -0.3 is 28.9 Å². The summed E-state index contributed by atoms with van der Waals surface area (Å²) in [7, 11) is 2.84.